The monoisotopic (exact) mass is 576 g/mol. The quantitative estimate of drug-likeness (QED) is 0.165. The lowest BCUT2D eigenvalue weighted by Crippen LogP contribution is -2.66. The number of hydrogen-bond donors (Lipinski definition) is 0. The minimum Gasteiger partial charge on any atom is -0.493 e. The number of amides is 2. The molecule has 2 amide bonds. The van der Waals surface area contributed by atoms with Crippen LogP contribution in [0.1, 0.15) is 76.3 Å². The molecule has 228 valence electrons. The zero-order valence-electron chi connectivity index (χ0n) is 25.5. The van der Waals surface area contributed by atoms with Crippen LogP contribution < -0.4 is 9.47 Å². The Labute approximate surface area is 251 Å². The van der Waals surface area contributed by atoms with Crippen LogP contribution in [0.25, 0.3) is 0 Å². The van der Waals surface area contributed by atoms with Crippen LogP contribution in [-0.4, -0.2) is 72.7 Å². The summed E-state index contributed by atoms with van der Waals surface area (Å²) in [7, 11) is 0. The molecule has 0 spiro atoms. The molecule has 0 radical (unpaired) electrons. The molecule has 7 nitrogen and oxygen atoms in total. The highest BCUT2D eigenvalue weighted by atomic mass is 16.6. The maximum absolute atomic E-state index is 14.2. The molecule has 3 fully saturated rings. The fraction of sp³-hybridized carbons (Fsp3) is 0.600. The molecule has 7 heteroatoms. The van der Waals surface area contributed by atoms with Crippen LogP contribution in [0.3, 0.4) is 0 Å². The van der Waals surface area contributed by atoms with Crippen molar-refractivity contribution in [2.75, 3.05) is 32.9 Å². The smallest absolute Gasteiger partial charge is 0.246 e. The highest BCUT2D eigenvalue weighted by Crippen LogP contribution is 2.30. The molecular formula is C35H48N2O5. The maximum atomic E-state index is 14.2. The van der Waals surface area contributed by atoms with E-state index >= 15 is 0 Å². The van der Waals surface area contributed by atoms with Gasteiger partial charge in [-0.2, -0.15) is 0 Å². The van der Waals surface area contributed by atoms with Crippen molar-refractivity contribution >= 4 is 11.8 Å². The second-order valence-electron chi connectivity index (χ2n) is 12.2. The van der Waals surface area contributed by atoms with Crippen LogP contribution in [0.15, 0.2) is 48.5 Å². The van der Waals surface area contributed by atoms with Gasteiger partial charge in [0, 0.05) is 25.9 Å². The number of piperazine rings is 1. The molecule has 5 rings (SSSR count). The molecule has 1 unspecified atom stereocenters. The van der Waals surface area contributed by atoms with E-state index in [1.54, 1.807) is 0 Å². The number of benzene rings is 2. The Morgan fingerprint density at radius 1 is 0.690 bits per heavy atom. The molecular weight excluding hydrogens is 528 g/mol. The zero-order valence-corrected chi connectivity index (χ0v) is 25.5. The fourth-order valence-electron chi connectivity index (χ4n) is 5.69. The number of epoxide rings is 1. The Morgan fingerprint density at radius 3 is 1.55 bits per heavy atom. The van der Waals surface area contributed by atoms with Gasteiger partial charge in [0.25, 0.3) is 0 Å². The molecule has 2 aromatic carbocycles. The van der Waals surface area contributed by atoms with Gasteiger partial charge in [0.15, 0.2) is 0 Å². The van der Waals surface area contributed by atoms with Crippen LogP contribution in [0.5, 0.6) is 11.5 Å². The first-order valence-electron chi connectivity index (χ1n) is 16.2. The number of carbonyl (C=O) groups excluding carboxylic acids is 2. The Kier molecular flexibility index (Phi) is 10.8. The minimum absolute atomic E-state index is 0.0720. The molecule has 2 aromatic rings. The molecule has 3 atom stereocenters. The summed E-state index contributed by atoms with van der Waals surface area (Å²) >= 11 is 0. The molecule has 0 bridgehead atoms. The van der Waals surface area contributed by atoms with E-state index in [-0.39, 0.29) is 17.9 Å². The standard InChI is InChI=1S/C35H48N2O5/c1-3-5-7-19-36-32(21-26-11-15-29(16-12-26)40-23-28-9-10-28)34(38)37(20-8-6-4-2)33(35(36)39)22-27-13-17-30(18-14-27)41-24-31-25-42-31/h11-18,28,31-33H,3-10,19-25H2,1-2H3/t31?,32-,33+/m0/s1. The van der Waals surface area contributed by atoms with Gasteiger partial charge >= 0.3 is 0 Å². The van der Waals surface area contributed by atoms with Crippen LogP contribution in [-0.2, 0) is 27.2 Å². The van der Waals surface area contributed by atoms with Crippen LogP contribution in [0, 0.1) is 5.92 Å². The average Bonchev–Trinajstić information content (AvgIpc) is 3.94. The third-order valence-electron chi connectivity index (χ3n) is 8.62. The van der Waals surface area contributed by atoms with Crippen molar-refractivity contribution in [2.24, 2.45) is 5.92 Å². The Morgan fingerprint density at radius 2 is 1.14 bits per heavy atom. The Balaban J connectivity index is 1.32. The second-order valence-corrected chi connectivity index (χ2v) is 12.2. The first-order valence-corrected chi connectivity index (χ1v) is 16.2. The van der Waals surface area contributed by atoms with Gasteiger partial charge in [-0.3, -0.25) is 9.59 Å². The predicted molar refractivity (Wildman–Crippen MR) is 164 cm³/mol. The van der Waals surface area contributed by atoms with Gasteiger partial charge in [-0.1, -0.05) is 63.8 Å². The summed E-state index contributed by atoms with van der Waals surface area (Å²) < 4.78 is 17.0. The maximum Gasteiger partial charge on any atom is 0.246 e. The molecule has 1 aliphatic carbocycles. The summed E-state index contributed by atoms with van der Waals surface area (Å²) in [5, 5.41) is 0. The second kappa shape index (κ2) is 14.9. The zero-order chi connectivity index (χ0) is 29.3. The summed E-state index contributed by atoms with van der Waals surface area (Å²) in [5.74, 6) is 2.52. The number of carbonyl (C=O) groups is 2. The molecule has 2 saturated heterocycles. The van der Waals surface area contributed by atoms with Crippen LogP contribution in [0.2, 0.25) is 0 Å². The SMILES string of the molecule is CCCCCN1C(=O)[C@H](Cc2ccc(OCC3CC3)cc2)N(CCCCC)C(=O)[C@H]1Cc1ccc(OCC2CO2)cc1. The first kappa shape index (κ1) is 30.4. The number of hydrogen-bond acceptors (Lipinski definition) is 5. The van der Waals surface area contributed by atoms with Crippen molar-refractivity contribution in [3.05, 3.63) is 59.7 Å². The van der Waals surface area contributed by atoms with Gasteiger partial charge in [0.2, 0.25) is 11.8 Å². The van der Waals surface area contributed by atoms with Gasteiger partial charge in [-0.25, -0.2) is 0 Å². The van der Waals surface area contributed by atoms with E-state index in [1.807, 2.05) is 46.2 Å². The van der Waals surface area contributed by atoms with Crippen LogP contribution >= 0.6 is 0 Å². The van der Waals surface area contributed by atoms with Crippen molar-refractivity contribution in [3.63, 3.8) is 0 Å². The van der Waals surface area contributed by atoms with Crippen molar-refractivity contribution in [1.29, 1.82) is 0 Å². The van der Waals surface area contributed by atoms with E-state index in [0.717, 1.165) is 74.4 Å². The van der Waals surface area contributed by atoms with Gasteiger partial charge in [-0.15, -0.1) is 0 Å². The van der Waals surface area contributed by atoms with Gasteiger partial charge in [-0.05, 0) is 67.0 Å². The molecule has 0 aromatic heterocycles. The van der Waals surface area contributed by atoms with Gasteiger partial charge in [0.05, 0.1) is 13.2 Å². The van der Waals surface area contributed by atoms with E-state index in [2.05, 4.69) is 26.0 Å². The Bertz CT molecular complexity index is 1050. The van der Waals surface area contributed by atoms with Crippen molar-refractivity contribution in [3.8, 4) is 11.5 Å². The summed E-state index contributed by atoms with van der Waals surface area (Å²) in [6.07, 6.45) is 9.76. The first-order chi connectivity index (χ1) is 20.6. The topological polar surface area (TPSA) is 71.6 Å². The van der Waals surface area contributed by atoms with Crippen LogP contribution in [0.4, 0.5) is 0 Å². The van der Waals surface area contributed by atoms with E-state index in [1.165, 1.54) is 12.8 Å². The predicted octanol–water partition coefficient (Wildman–Crippen LogP) is 5.83. The van der Waals surface area contributed by atoms with E-state index in [4.69, 9.17) is 14.2 Å². The normalized spacial score (nSPS) is 22.0. The van der Waals surface area contributed by atoms with Crippen molar-refractivity contribution < 1.29 is 23.8 Å². The lowest BCUT2D eigenvalue weighted by Gasteiger charge is -2.45. The van der Waals surface area contributed by atoms with E-state index in [0.29, 0.717) is 38.5 Å². The summed E-state index contributed by atoms with van der Waals surface area (Å²) in [5.41, 5.74) is 2.09. The number of nitrogens with zero attached hydrogens (tertiary/aromatic N) is 2. The molecule has 42 heavy (non-hydrogen) atoms. The largest absolute Gasteiger partial charge is 0.493 e. The van der Waals surface area contributed by atoms with Gasteiger partial charge in [0.1, 0.15) is 36.3 Å². The van der Waals surface area contributed by atoms with Crippen molar-refractivity contribution in [2.45, 2.75) is 96.2 Å². The van der Waals surface area contributed by atoms with Gasteiger partial charge < -0.3 is 24.0 Å². The number of ether oxygens (including phenoxy) is 3. The lowest BCUT2D eigenvalue weighted by molar-refractivity contribution is -0.162. The molecule has 3 aliphatic rings. The molecule has 2 heterocycles. The molecule has 1 saturated carbocycles. The third-order valence-corrected chi connectivity index (χ3v) is 8.62. The van der Waals surface area contributed by atoms with E-state index < -0.39 is 12.1 Å². The summed E-state index contributed by atoms with van der Waals surface area (Å²) in [6, 6.07) is 15.1. The Hall–Kier alpha value is -3.06. The average molecular weight is 577 g/mol. The van der Waals surface area contributed by atoms with Crippen molar-refractivity contribution in [1.82, 2.24) is 9.80 Å². The van der Waals surface area contributed by atoms with E-state index in [9.17, 15) is 9.59 Å². The highest BCUT2D eigenvalue weighted by Gasteiger charge is 2.45. The molecule has 2 aliphatic heterocycles. The number of unbranched alkanes of at least 4 members (excludes halogenated alkanes) is 4. The highest BCUT2D eigenvalue weighted by molar-refractivity contribution is 5.97. The number of rotatable bonds is 18. The lowest BCUT2D eigenvalue weighted by atomic mass is 9.93. The summed E-state index contributed by atoms with van der Waals surface area (Å²) in [4.78, 5) is 32.3. The third kappa shape index (κ3) is 8.50. The fourth-order valence-corrected chi connectivity index (χ4v) is 5.69. The minimum atomic E-state index is -0.489. The summed E-state index contributed by atoms with van der Waals surface area (Å²) in [6.45, 7) is 7.65. The molecule has 0 N–H and O–H groups in total.